The van der Waals surface area contributed by atoms with Crippen LogP contribution in [0.3, 0.4) is 0 Å². The average molecular weight is 290 g/mol. The summed E-state index contributed by atoms with van der Waals surface area (Å²) in [4.78, 5) is 12.8. The molecule has 1 heterocycles. The van der Waals surface area contributed by atoms with E-state index in [4.69, 9.17) is 5.14 Å². The van der Waals surface area contributed by atoms with Gasteiger partial charge in [-0.25, -0.2) is 22.3 Å². The summed E-state index contributed by atoms with van der Waals surface area (Å²) in [6.45, 7) is -0.276. The highest BCUT2D eigenvalue weighted by molar-refractivity contribution is 7.89. The normalized spacial score (nSPS) is 20.1. The minimum absolute atomic E-state index is 0.00317. The SMILES string of the molecule is NS(=O)(=O)C1CC(=O)N(Cc2cccc(F)c2F)C1. The maximum absolute atomic E-state index is 13.5. The number of halogens is 2. The fourth-order valence-electron chi connectivity index (χ4n) is 1.99. The van der Waals surface area contributed by atoms with Gasteiger partial charge in [-0.2, -0.15) is 0 Å². The Hall–Kier alpha value is -1.54. The van der Waals surface area contributed by atoms with Gasteiger partial charge in [0, 0.05) is 25.1 Å². The molecule has 0 aliphatic carbocycles. The van der Waals surface area contributed by atoms with Crippen molar-refractivity contribution < 1.29 is 22.0 Å². The Kier molecular flexibility index (Phi) is 3.55. The highest BCUT2D eigenvalue weighted by atomic mass is 32.2. The van der Waals surface area contributed by atoms with Crippen LogP contribution in [0.2, 0.25) is 0 Å². The van der Waals surface area contributed by atoms with Gasteiger partial charge in [0.05, 0.1) is 0 Å². The molecule has 8 heteroatoms. The molecule has 1 atom stereocenters. The second-order valence-corrected chi connectivity index (χ2v) is 6.25. The summed E-state index contributed by atoms with van der Waals surface area (Å²) in [7, 11) is -3.81. The van der Waals surface area contributed by atoms with Crippen LogP contribution >= 0.6 is 0 Å². The molecular formula is C11H12F2N2O3S. The number of primary sulfonamides is 1. The molecule has 0 bridgehead atoms. The third kappa shape index (κ3) is 2.90. The van der Waals surface area contributed by atoms with Crippen molar-refractivity contribution in [3.05, 3.63) is 35.4 Å². The first-order valence-electron chi connectivity index (χ1n) is 5.51. The Morgan fingerprint density at radius 2 is 2.05 bits per heavy atom. The molecule has 0 saturated carbocycles. The molecule has 1 aromatic carbocycles. The van der Waals surface area contributed by atoms with Crippen molar-refractivity contribution in [2.75, 3.05) is 6.54 Å². The molecule has 1 aromatic rings. The number of nitrogens with zero attached hydrogens (tertiary/aromatic N) is 1. The fraction of sp³-hybridized carbons (Fsp3) is 0.364. The standard InChI is InChI=1S/C11H12F2N2O3S/c12-9-3-1-2-7(11(9)13)5-15-6-8(4-10(15)16)19(14,17)18/h1-3,8H,4-6H2,(H2,14,17,18). The highest BCUT2D eigenvalue weighted by Crippen LogP contribution is 2.21. The topological polar surface area (TPSA) is 80.5 Å². The van der Waals surface area contributed by atoms with E-state index >= 15 is 0 Å². The largest absolute Gasteiger partial charge is 0.337 e. The first-order chi connectivity index (χ1) is 8.79. The van der Waals surface area contributed by atoms with Crippen LogP contribution < -0.4 is 5.14 Å². The summed E-state index contributed by atoms with van der Waals surface area (Å²) < 4.78 is 48.8. The Morgan fingerprint density at radius 1 is 1.37 bits per heavy atom. The number of carbonyl (C=O) groups is 1. The Morgan fingerprint density at radius 3 is 2.63 bits per heavy atom. The van der Waals surface area contributed by atoms with Crippen LogP contribution in [0.25, 0.3) is 0 Å². The molecule has 1 aliphatic heterocycles. The number of hydrogen-bond acceptors (Lipinski definition) is 3. The molecule has 0 spiro atoms. The van der Waals surface area contributed by atoms with Crippen molar-refractivity contribution in [1.82, 2.24) is 4.90 Å². The van der Waals surface area contributed by atoms with Crippen LogP contribution in [0.5, 0.6) is 0 Å². The third-order valence-corrected chi connectivity index (χ3v) is 4.28. The minimum Gasteiger partial charge on any atom is -0.337 e. The van der Waals surface area contributed by atoms with E-state index in [-0.39, 0.29) is 25.1 Å². The molecular weight excluding hydrogens is 278 g/mol. The Labute approximate surface area is 109 Å². The zero-order valence-electron chi connectivity index (χ0n) is 9.84. The molecule has 0 radical (unpaired) electrons. The van der Waals surface area contributed by atoms with Crippen molar-refractivity contribution in [2.24, 2.45) is 5.14 Å². The molecule has 1 unspecified atom stereocenters. The van der Waals surface area contributed by atoms with Crippen LogP contribution in [-0.4, -0.2) is 31.0 Å². The lowest BCUT2D eigenvalue weighted by molar-refractivity contribution is -0.128. The van der Waals surface area contributed by atoms with Crippen molar-refractivity contribution >= 4 is 15.9 Å². The number of nitrogens with two attached hydrogens (primary N) is 1. The predicted molar refractivity (Wildman–Crippen MR) is 63.3 cm³/mol. The maximum Gasteiger partial charge on any atom is 0.224 e. The lowest BCUT2D eigenvalue weighted by Gasteiger charge is -2.16. The van der Waals surface area contributed by atoms with Gasteiger partial charge in [-0.3, -0.25) is 4.79 Å². The van der Waals surface area contributed by atoms with Gasteiger partial charge in [-0.05, 0) is 6.07 Å². The van der Waals surface area contributed by atoms with E-state index in [2.05, 4.69) is 0 Å². The molecule has 2 rings (SSSR count). The fourth-order valence-corrected chi connectivity index (χ4v) is 2.75. The quantitative estimate of drug-likeness (QED) is 0.872. The number of amides is 1. The Balaban J connectivity index is 2.17. The Bertz CT molecular complexity index is 618. The van der Waals surface area contributed by atoms with E-state index in [9.17, 15) is 22.0 Å². The summed E-state index contributed by atoms with van der Waals surface area (Å²) in [6, 6.07) is 3.64. The number of benzene rings is 1. The summed E-state index contributed by atoms with van der Waals surface area (Å²) in [5.41, 5.74) is 0.00317. The second-order valence-electron chi connectivity index (χ2n) is 4.40. The van der Waals surface area contributed by atoms with Gasteiger partial charge < -0.3 is 4.90 Å². The summed E-state index contributed by atoms with van der Waals surface area (Å²) >= 11 is 0. The predicted octanol–water partition coefficient (Wildman–Crippen LogP) is 0.354. The van der Waals surface area contributed by atoms with E-state index in [0.717, 1.165) is 11.0 Å². The molecule has 2 N–H and O–H groups in total. The van der Waals surface area contributed by atoms with Crippen LogP contribution in [0.1, 0.15) is 12.0 Å². The summed E-state index contributed by atoms with van der Waals surface area (Å²) in [5, 5.41) is 3.98. The van der Waals surface area contributed by atoms with E-state index in [0.29, 0.717) is 0 Å². The molecule has 1 saturated heterocycles. The molecule has 19 heavy (non-hydrogen) atoms. The minimum atomic E-state index is -3.81. The van der Waals surface area contributed by atoms with Crippen LogP contribution in [-0.2, 0) is 21.4 Å². The number of sulfonamides is 1. The van der Waals surface area contributed by atoms with Crippen LogP contribution in [0.15, 0.2) is 18.2 Å². The molecule has 5 nitrogen and oxygen atoms in total. The van der Waals surface area contributed by atoms with E-state index in [1.165, 1.54) is 12.1 Å². The lowest BCUT2D eigenvalue weighted by atomic mass is 10.2. The smallest absolute Gasteiger partial charge is 0.224 e. The number of hydrogen-bond donors (Lipinski definition) is 1. The van der Waals surface area contributed by atoms with E-state index in [1.807, 2.05) is 0 Å². The maximum atomic E-state index is 13.5. The van der Waals surface area contributed by atoms with Gasteiger partial charge >= 0.3 is 0 Å². The van der Waals surface area contributed by atoms with Gasteiger partial charge in [0.1, 0.15) is 5.25 Å². The van der Waals surface area contributed by atoms with Crippen LogP contribution in [0.4, 0.5) is 8.78 Å². The van der Waals surface area contributed by atoms with Gasteiger partial charge in [-0.15, -0.1) is 0 Å². The van der Waals surface area contributed by atoms with Crippen LogP contribution in [0, 0.1) is 11.6 Å². The average Bonchev–Trinajstić information content (AvgIpc) is 2.67. The van der Waals surface area contributed by atoms with E-state index in [1.54, 1.807) is 0 Å². The first-order valence-corrected chi connectivity index (χ1v) is 7.12. The number of carbonyl (C=O) groups excluding carboxylic acids is 1. The highest BCUT2D eigenvalue weighted by Gasteiger charge is 2.36. The van der Waals surface area contributed by atoms with Gasteiger partial charge in [0.25, 0.3) is 0 Å². The van der Waals surface area contributed by atoms with Crippen molar-refractivity contribution in [3.8, 4) is 0 Å². The van der Waals surface area contributed by atoms with E-state index < -0.39 is 32.8 Å². The van der Waals surface area contributed by atoms with Gasteiger partial charge in [0.2, 0.25) is 15.9 Å². The molecule has 1 fully saturated rings. The van der Waals surface area contributed by atoms with Gasteiger partial charge in [-0.1, -0.05) is 12.1 Å². The monoisotopic (exact) mass is 290 g/mol. The molecule has 104 valence electrons. The second kappa shape index (κ2) is 4.86. The third-order valence-electron chi connectivity index (χ3n) is 3.04. The van der Waals surface area contributed by atoms with Crippen molar-refractivity contribution in [3.63, 3.8) is 0 Å². The first kappa shape index (κ1) is 13.9. The van der Waals surface area contributed by atoms with Crippen molar-refractivity contribution in [2.45, 2.75) is 18.2 Å². The molecule has 1 aliphatic rings. The summed E-state index contributed by atoms with van der Waals surface area (Å²) in [5.74, 6) is -2.48. The number of rotatable bonds is 3. The molecule has 0 aromatic heterocycles. The zero-order chi connectivity index (χ0) is 14.2. The van der Waals surface area contributed by atoms with Gasteiger partial charge in [0.15, 0.2) is 11.6 Å². The lowest BCUT2D eigenvalue weighted by Crippen LogP contribution is -2.32. The molecule has 1 amide bonds. The van der Waals surface area contributed by atoms with Crippen molar-refractivity contribution in [1.29, 1.82) is 0 Å². The zero-order valence-corrected chi connectivity index (χ0v) is 10.7. The summed E-state index contributed by atoms with van der Waals surface area (Å²) in [6.07, 6.45) is -0.226. The number of likely N-dealkylation sites (tertiary alicyclic amines) is 1.